The molecule has 2 rings (SSSR count). The van der Waals surface area contributed by atoms with E-state index < -0.39 is 0 Å². The van der Waals surface area contributed by atoms with Gasteiger partial charge in [0, 0.05) is 31.4 Å². The summed E-state index contributed by atoms with van der Waals surface area (Å²) in [5.41, 5.74) is 4.20. The number of nitrogens with one attached hydrogen (secondary N) is 1. The van der Waals surface area contributed by atoms with Gasteiger partial charge < -0.3 is 15.1 Å². The highest BCUT2D eigenvalue weighted by atomic mass is 15.2. The van der Waals surface area contributed by atoms with E-state index in [4.69, 9.17) is 0 Å². The fourth-order valence-corrected chi connectivity index (χ4v) is 3.24. The third-order valence-electron chi connectivity index (χ3n) is 4.28. The van der Waals surface area contributed by atoms with E-state index in [0.717, 1.165) is 6.54 Å². The van der Waals surface area contributed by atoms with Crippen molar-refractivity contribution in [2.24, 2.45) is 0 Å². The standard InChI is InChI=1S/C17H29N3/c1-5-16-13-19(4)9-6-10-20(16)17-8-7-14(2)11-15(17)12-18-3/h7-8,11,16,18H,5-6,9-10,12-13H2,1-4H3. The molecule has 0 aromatic heterocycles. The molecule has 1 heterocycles. The van der Waals surface area contributed by atoms with E-state index in [1.54, 1.807) is 0 Å². The summed E-state index contributed by atoms with van der Waals surface area (Å²) >= 11 is 0. The van der Waals surface area contributed by atoms with Crippen LogP contribution in [0.3, 0.4) is 0 Å². The van der Waals surface area contributed by atoms with Gasteiger partial charge in [-0.15, -0.1) is 0 Å². The van der Waals surface area contributed by atoms with Crippen molar-refractivity contribution >= 4 is 5.69 Å². The molecule has 1 N–H and O–H groups in total. The van der Waals surface area contributed by atoms with Crippen LogP contribution in [0.15, 0.2) is 18.2 Å². The molecule has 20 heavy (non-hydrogen) atoms. The number of hydrogen-bond acceptors (Lipinski definition) is 3. The smallest absolute Gasteiger partial charge is 0.0414 e. The fourth-order valence-electron chi connectivity index (χ4n) is 3.24. The summed E-state index contributed by atoms with van der Waals surface area (Å²) in [6.07, 6.45) is 2.46. The molecule has 3 heteroatoms. The monoisotopic (exact) mass is 275 g/mol. The summed E-state index contributed by atoms with van der Waals surface area (Å²) in [5.74, 6) is 0. The second kappa shape index (κ2) is 7.09. The Morgan fingerprint density at radius 1 is 1.30 bits per heavy atom. The molecule has 1 atom stereocenters. The molecule has 0 amide bonds. The van der Waals surface area contributed by atoms with Crippen LogP contribution < -0.4 is 10.2 Å². The Kier molecular flexibility index (Phi) is 5.44. The first-order valence-electron chi connectivity index (χ1n) is 7.85. The number of likely N-dealkylation sites (N-methyl/N-ethyl adjacent to an activating group) is 1. The van der Waals surface area contributed by atoms with E-state index in [9.17, 15) is 0 Å². The minimum absolute atomic E-state index is 0.626. The molecule has 1 aromatic rings. The van der Waals surface area contributed by atoms with Crippen molar-refractivity contribution in [3.8, 4) is 0 Å². The second-order valence-electron chi connectivity index (χ2n) is 6.03. The largest absolute Gasteiger partial charge is 0.367 e. The average Bonchev–Trinajstić information content (AvgIpc) is 2.61. The van der Waals surface area contributed by atoms with Crippen molar-refractivity contribution < 1.29 is 0 Å². The average molecular weight is 275 g/mol. The molecule has 1 aromatic carbocycles. The van der Waals surface area contributed by atoms with Crippen LogP contribution in [0.1, 0.15) is 30.9 Å². The summed E-state index contributed by atoms with van der Waals surface area (Å²) in [5, 5.41) is 3.31. The number of anilines is 1. The van der Waals surface area contributed by atoms with Crippen LogP contribution in [0, 0.1) is 6.92 Å². The normalized spacial score (nSPS) is 21.0. The van der Waals surface area contributed by atoms with Gasteiger partial charge >= 0.3 is 0 Å². The highest BCUT2D eigenvalue weighted by molar-refractivity contribution is 5.56. The maximum Gasteiger partial charge on any atom is 0.0414 e. The molecule has 3 nitrogen and oxygen atoms in total. The topological polar surface area (TPSA) is 18.5 Å². The summed E-state index contributed by atoms with van der Waals surface area (Å²) in [7, 11) is 4.27. The zero-order valence-electron chi connectivity index (χ0n) is 13.4. The van der Waals surface area contributed by atoms with Gasteiger partial charge in [-0.2, -0.15) is 0 Å². The first-order valence-corrected chi connectivity index (χ1v) is 7.85. The molecule has 1 aliphatic heterocycles. The van der Waals surface area contributed by atoms with Crippen molar-refractivity contribution in [1.82, 2.24) is 10.2 Å². The molecule has 0 bridgehead atoms. The minimum atomic E-state index is 0.626. The van der Waals surface area contributed by atoms with Crippen LogP contribution in [0.5, 0.6) is 0 Å². The van der Waals surface area contributed by atoms with E-state index in [1.807, 2.05) is 7.05 Å². The molecule has 1 fully saturated rings. The van der Waals surface area contributed by atoms with E-state index in [2.05, 4.69) is 54.2 Å². The number of aryl methyl sites for hydroxylation is 1. The SMILES string of the molecule is CCC1CN(C)CCCN1c1ccc(C)cc1CNC. The summed E-state index contributed by atoms with van der Waals surface area (Å²) < 4.78 is 0. The Labute approximate surface area is 124 Å². The highest BCUT2D eigenvalue weighted by Gasteiger charge is 2.23. The zero-order chi connectivity index (χ0) is 14.5. The Hall–Kier alpha value is -1.06. The number of hydrogen-bond donors (Lipinski definition) is 1. The first-order chi connectivity index (χ1) is 9.65. The van der Waals surface area contributed by atoms with Crippen molar-refractivity contribution in [2.75, 3.05) is 38.6 Å². The lowest BCUT2D eigenvalue weighted by molar-refractivity contribution is 0.328. The van der Waals surface area contributed by atoms with Gasteiger partial charge in [0.15, 0.2) is 0 Å². The van der Waals surface area contributed by atoms with Gasteiger partial charge in [0.25, 0.3) is 0 Å². The Balaban J connectivity index is 2.31. The van der Waals surface area contributed by atoms with Gasteiger partial charge in [0.2, 0.25) is 0 Å². The van der Waals surface area contributed by atoms with E-state index in [1.165, 1.54) is 49.3 Å². The lowest BCUT2D eigenvalue weighted by atomic mass is 10.1. The van der Waals surface area contributed by atoms with Crippen LogP contribution in [0.4, 0.5) is 5.69 Å². The van der Waals surface area contributed by atoms with E-state index in [0.29, 0.717) is 6.04 Å². The molecule has 1 unspecified atom stereocenters. The molecule has 0 radical (unpaired) electrons. The molecular weight excluding hydrogens is 246 g/mol. The van der Waals surface area contributed by atoms with E-state index >= 15 is 0 Å². The van der Waals surface area contributed by atoms with Crippen LogP contribution in [-0.2, 0) is 6.54 Å². The first kappa shape index (κ1) is 15.3. The lowest BCUT2D eigenvalue weighted by Gasteiger charge is -2.34. The van der Waals surface area contributed by atoms with Gasteiger partial charge in [0.05, 0.1) is 0 Å². The van der Waals surface area contributed by atoms with Gasteiger partial charge in [-0.3, -0.25) is 0 Å². The Morgan fingerprint density at radius 2 is 2.10 bits per heavy atom. The molecule has 1 saturated heterocycles. The van der Waals surface area contributed by atoms with Crippen molar-refractivity contribution in [3.05, 3.63) is 29.3 Å². The number of rotatable bonds is 4. The van der Waals surface area contributed by atoms with Crippen molar-refractivity contribution in [1.29, 1.82) is 0 Å². The van der Waals surface area contributed by atoms with Crippen molar-refractivity contribution in [3.63, 3.8) is 0 Å². The molecule has 0 aliphatic carbocycles. The van der Waals surface area contributed by atoms with Gasteiger partial charge in [0.1, 0.15) is 0 Å². The third-order valence-corrected chi connectivity index (χ3v) is 4.28. The minimum Gasteiger partial charge on any atom is -0.367 e. The highest BCUT2D eigenvalue weighted by Crippen LogP contribution is 2.27. The van der Waals surface area contributed by atoms with Gasteiger partial charge in [-0.25, -0.2) is 0 Å². The third kappa shape index (κ3) is 3.53. The Bertz CT molecular complexity index is 430. The zero-order valence-corrected chi connectivity index (χ0v) is 13.4. The number of benzene rings is 1. The molecule has 0 spiro atoms. The fraction of sp³-hybridized carbons (Fsp3) is 0.647. The predicted octanol–water partition coefficient (Wildman–Crippen LogP) is 2.63. The van der Waals surface area contributed by atoms with E-state index in [-0.39, 0.29) is 0 Å². The molecule has 0 saturated carbocycles. The van der Waals surface area contributed by atoms with Gasteiger partial charge in [-0.05, 0) is 52.0 Å². The predicted molar refractivity (Wildman–Crippen MR) is 87.5 cm³/mol. The Morgan fingerprint density at radius 3 is 2.80 bits per heavy atom. The maximum atomic E-state index is 3.31. The molecule has 112 valence electrons. The second-order valence-corrected chi connectivity index (χ2v) is 6.03. The van der Waals surface area contributed by atoms with Gasteiger partial charge in [-0.1, -0.05) is 24.6 Å². The van der Waals surface area contributed by atoms with Crippen LogP contribution >= 0.6 is 0 Å². The summed E-state index contributed by atoms with van der Waals surface area (Å²) in [4.78, 5) is 5.11. The van der Waals surface area contributed by atoms with Crippen LogP contribution in [-0.4, -0.2) is 44.7 Å². The lowest BCUT2D eigenvalue weighted by Crippen LogP contribution is -2.40. The maximum absolute atomic E-state index is 3.31. The van der Waals surface area contributed by atoms with Crippen LogP contribution in [0.25, 0.3) is 0 Å². The summed E-state index contributed by atoms with van der Waals surface area (Å²) in [6.45, 7) is 8.98. The quantitative estimate of drug-likeness (QED) is 0.911. The van der Waals surface area contributed by atoms with Crippen LogP contribution in [0.2, 0.25) is 0 Å². The van der Waals surface area contributed by atoms with Crippen molar-refractivity contribution in [2.45, 2.75) is 39.3 Å². The summed E-state index contributed by atoms with van der Waals surface area (Å²) in [6, 6.07) is 7.51. The molecular formula is C17H29N3. The number of nitrogens with zero attached hydrogens (tertiary/aromatic N) is 2. The molecule has 1 aliphatic rings.